The Hall–Kier alpha value is -1.12. The summed E-state index contributed by atoms with van der Waals surface area (Å²) in [6.07, 6.45) is 0. The fourth-order valence-corrected chi connectivity index (χ4v) is 3.19. The van der Waals surface area contributed by atoms with Crippen molar-refractivity contribution in [2.45, 2.75) is 5.16 Å². The van der Waals surface area contributed by atoms with E-state index in [1.165, 1.54) is 21.6 Å². The standard InChI is InChI=1S/C10H11N5S3/c1-14(2)10(16)18-17-9-11-12-13-15(9)8-6-4-3-5-7-8/h3-7H,1-2H3. The maximum atomic E-state index is 5.20. The lowest BCUT2D eigenvalue weighted by Crippen LogP contribution is -2.15. The minimum absolute atomic E-state index is 0.704. The molecule has 0 saturated carbocycles. The van der Waals surface area contributed by atoms with Gasteiger partial charge in [-0.2, -0.15) is 4.68 Å². The Kier molecular flexibility index (Phi) is 4.56. The Balaban J connectivity index is 2.12. The number of aromatic nitrogens is 4. The molecule has 2 aromatic rings. The minimum Gasteiger partial charge on any atom is -0.363 e. The van der Waals surface area contributed by atoms with Crippen molar-refractivity contribution in [3.63, 3.8) is 0 Å². The number of para-hydroxylation sites is 1. The zero-order valence-electron chi connectivity index (χ0n) is 9.85. The van der Waals surface area contributed by atoms with E-state index in [0.717, 1.165) is 10.0 Å². The molecule has 5 nitrogen and oxygen atoms in total. The van der Waals surface area contributed by atoms with E-state index in [-0.39, 0.29) is 0 Å². The van der Waals surface area contributed by atoms with Gasteiger partial charge in [-0.3, -0.25) is 0 Å². The molecule has 0 radical (unpaired) electrons. The predicted octanol–water partition coefficient (Wildman–Crippen LogP) is 2.25. The topological polar surface area (TPSA) is 46.8 Å². The second-order valence-electron chi connectivity index (χ2n) is 3.54. The summed E-state index contributed by atoms with van der Waals surface area (Å²) in [5.74, 6) is 0. The monoisotopic (exact) mass is 297 g/mol. The lowest BCUT2D eigenvalue weighted by Gasteiger charge is -2.11. The first-order valence-electron chi connectivity index (χ1n) is 5.08. The average molecular weight is 297 g/mol. The fourth-order valence-electron chi connectivity index (χ4n) is 1.11. The molecule has 0 unspecified atom stereocenters. The van der Waals surface area contributed by atoms with Crippen molar-refractivity contribution in [2.75, 3.05) is 14.1 Å². The Bertz CT molecular complexity index is 525. The summed E-state index contributed by atoms with van der Waals surface area (Å²) in [5.41, 5.74) is 0.932. The van der Waals surface area contributed by atoms with Crippen LogP contribution >= 0.6 is 33.8 Å². The highest BCUT2D eigenvalue weighted by molar-refractivity contribution is 8.83. The summed E-state index contributed by atoms with van der Waals surface area (Å²) < 4.78 is 2.47. The molecule has 0 aliphatic carbocycles. The maximum Gasteiger partial charge on any atom is 0.225 e. The Morgan fingerprint density at radius 1 is 1.28 bits per heavy atom. The van der Waals surface area contributed by atoms with Crippen molar-refractivity contribution in [2.24, 2.45) is 0 Å². The van der Waals surface area contributed by atoms with E-state index >= 15 is 0 Å². The lowest BCUT2D eigenvalue weighted by atomic mass is 10.3. The molecule has 1 aromatic carbocycles. The number of nitrogens with zero attached hydrogens (tertiary/aromatic N) is 5. The highest BCUT2D eigenvalue weighted by Crippen LogP contribution is 2.31. The first-order chi connectivity index (χ1) is 8.68. The van der Waals surface area contributed by atoms with Crippen LogP contribution in [0.5, 0.6) is 0 Å². The van der Waals surface area contributed by atoms with E-state index in [2.05, 4.69) is 15.5 Å². The van der Waals surface area contributed by atoms with Crippen molar-refractivity contribution in [1.29, 1.82) is 0 Å². The number of rotatable bonds is 3. The molecule has 8 heteroatoms. The molecule has 0 aliphatic heterocycles. The number of tetrazole rings is 1. The molecule has 0 saturated heterocycles. The molecule has 0 atom stereocenters. The molecule has 0 spiro atoms. The quantitative estimate of drug-likeness (QED) is 0.636. The van der Waals surface area contributed by atoms with Crippen LogP contribution in [-0.2, 0) is 0 Å². The number of thiocarbonyl (C=S) groups is 1. The molecule has 0 amide bonds. The van der Waals surface area contributed by atoms with E-state index < -0.39 is 0 Å². The normalized spacial score (nSPS) is 10.3. The van der Waals surface area contributed by atoms with Gasteiger partial charge in [0.25, 0.3) is 0 Å². The third-order valence-electron chi connectivity index (χ3n) is 1.99. The van der Waals surface area contributed by atoms with Crippen molar-refractivity contribution in [3.8, 4) is 5.69 Å². The van der Waals surface area contributed by atoms with Crippen LogP contribution in [-0.4, -0.2) is 43.5 Å². The van der Waals surface area contributed by atoms with Crippen LogP contribution in [0.1, 0.15) is 0 Å². The summed E-state index contributed by atoms with van der Waals surface area (Å²) in [5, 5.41) is 12.4. The lowest BCUT2D eigenvalue weighted by molar-refractivity contribution is 0.648. The van der Waals surface area contributed by atoms with E-state index in [1.54, 1.807) is 4.68 Å². The van der Waals surface area contributed by atoms with Crippen LogP contribution in [0.25, 0.3) is 5.69 Å². The third kappa shape index (κ3) is 3.21. The van der Waals surface area contributed by atoms with Gasteiger partial charge in [-0.25, -0.2) is 0 Å². The predicted molar refractivity (Wildman–Crippen MR) is 78.9 cm³/mol. The van der Waals surface area contributed by atoms with Gasteiger partial charge in [-0.15, -0.1) is 5.10 Å². The highest BCUT2D eigenvalue weighted by atomic mass is 33.1. The van der Waals surface area contributed by atoms with Crippen LogP contribution < -0.4 is 0 Å². The van der Waals surface area contributed by atoms with Gasteiger partial charge in [0.05, 0.1) is 5.69 Å². The SMILES string of the molecule is CN(C)C(=S)SSc1nnnn1-c1ccccc1. The van der Waals surface area contributed by atoms with Gasteiger partial charge >= 0.3 is 0 Å². The van der Waals surface area contributed by atoms with Crippen molar-refractivity contribution < 1.29 is 0 Å². The molecule has 94 valence electrons. The molecule has 0 N–H and O–H groups in total. The van der Waals surface area contributed by atoms with Crippen molar-refractivity contribution in [1.82, 2.24) is 25.1 Å². The zero-order valence-corrected chi connectivity index (χ0v) is 12.3. The summed E-state index contributed by atoms with van der Waals surface area (Å²) in [4.78, 5) is 1.88. The molecule has 1 heterocycles. The number of hydrogen-bond acceptors (Lipinski definition) is 6. The van der Waals surface area contributed by atoms with Crippen LogP contribution in [0.2, 0.25) is 0 Å². The Morgan fingerprint density at radius 2 is 2.00 bits per heavy atom. The van der Waals surface area contributed by atoms with E-state index in [9.17, 15) is 0 Å². The molecular formula is C10H11N5S3. The van der Waals surface area contributed by atoms with Crippen LogP contribution in [0.15, 0.2) is 35.5 Å². The largest absolute Gasteiger partial charge is 0.363 e. The first-order valence-corrected chi connectivity index (χ1v) is 7.64. The summed E-state index contributed by atoms with van der Waals surface area (Å²) in [7, 11) is 6.73. The molecule has 0 fully saturated rings. The van der Waals surface area contributed by atoms with E-state index in [0.29, 0.717) is 5.16 Å². The molecule has 18 heavy (non-hydrogen) atoms. The third-order valence-corrected chi connectivity index (χ3v) is 5.09. The van der Waals surface area contributed by atoms with Crippen LogP contribution in [0.3, 0.4) is 0 Å². The smallest absolute Gasteiger partial charge is 0.225 e. The maximum absolute atomic E-state index is 5.20. The van der Waals surface area contributed by atoms with Crippen LogP contribution in [0.4, 0.5) is 0 Å². The summed E-state index contributed by atoms with van der Waals surface area (Å²) in [6.45, 7) is 0. The van der Waals surface area contributed by atoms with Gasteiger partial charge in [0.1, 0.15) is 4.32 Å². The van der Waals surface area contributed by atoms with Gasteiger partial charge in [-0.1, -0.05) is 30.4 Å². The summed E-state index contributed by atoms with van der Waals surface area (Å²) in [6, 6.07) is 9.76. The van der Waals surface area contributed by atoms with E-state index in [4.69, 9.17) is 12.2 Å². The molecule has 0 bridgehead atoms. The number of benzene rings is 1. The Morgan fingerprint density at radius 3 is 2.67 bits per heavy atom. The van der Waals surface area contributed by atoms with E-state index in [1.807, 2.05) is 49.3 Å². The average Bonchev–Trinajstić information content (AvgIpc) is 2.85. The highest BCUT2D eigenvalue weighted by Gasteiger charge is 2.11. The minimum atomic E-state index is 0.704. The molecule has 2 rings (SSSR count). The van der Waals surface area contributed by atoms with Crippen molar-refractivity contribution >= 4 is 38.1 Å². The molecular weight excluding hydrogens is 286 g/mol. The molecule has 1 aromatic heterocycles. The second-order valence-corrected chi connectivity index (χ2v) is 6.27. The summed E-state index contributed by atoms with van der Waals surface area (Å²) >= 11 is 5.20. The second kappa shape index (κ2) is 6.17. The van der Waals surface area contributed by atoms with Crippen molar-refractivity contribution in [3.05, 3.63) is 30.3 Å². The first kappa shape index (κ1) is 13.3. The fraction of sp³-hybridized carbons (Fsp3) is 0.200. The van der Waals surface area contributed by atoms with Gasteiger partial charge in [0.2, 0.25) is 5.16 Å². The number of hydrogen-bond donors (Lipinski definition) is 0. The Labute approximate surface area is 118 Å². The van der Waals surface area contributed by atoms with Gasteiger partial charge in [0, 0.05) is 14.1 Å². The van der Waals surface area contributed by atoms with Gasteiger partial charge in [-0.05, 0) is 44.1 Å². The zero-order chi connectivity index (χ0) is 13.0. The van der Waals surface area contributed by atoms with Gasteiger partial charge < -0.3 is 4.90 Å². The molecule has 0 aliphatic rings. The van der Waals surface area contributed by atoms with Crippen LogP contribution in [0, 0.1) is 0 Å². The van der Waals surface area contributed by atoms with Gasteiger partial charge in [0.15, 0.2) is 0 Å².